The number of nitrogens with two attached hydrogens (primary N) is 1. The van der Waals surface area contributed by atoms with Crippen molar-refractivity contribution in [1.82, 2.24) is 15.0 Å². The monoisotopic (exact) mass is 440 g/mol. The molecule has 4 N–H and O–H groups in total. The van der Waals surface area contributed by atoms with E-state index >= 15 is 0 Å². The van der Waals surface area contributed by atoms with Crippen molar-refractivity contribution in [2.45, 2.75) is 13.5 Å². The molecule has 0 radical (unpaired) electrons. The Morgan fingerprint density at radius 2 is 1.47 bits per heavy atom. The van der Waals surface area contributed by atoms with Crippen LogP contribution in [0.5, 0.6) is 0 Å². The molecule has 0 unspecified atom stereocenters. The fourth-order valence-electron chi connectivity index (χ4n) is 2.79. The predicted octanol–water partition coefficient (Wildman–Crippen LogP) is 3.00. The van der Waals surface area contributed by atoms with E-state index in [0.29, 0.717) is 63.8 Å². The van der Waals surface area contributed by atoms with Gasteiger partial charge in [-0.15, -0.1) is 0 Å². The van der Waals surface area contributed by atoms with Gasteiger partial charge in [-0.05, 0) is 24.6 Å². The first-order valence-electron chi connectivity index (χ1n) is 10.5. The summed E-state index contributed by atoms with van der Waals surface area (Å²) >= 11 is 0. The lowest BCUT2D eigenvalue weighted by Crippen LogP contribution is -2.16. The number of benzene rings is 2. The molecule has 1 heterocycles. The van der Waals surface area contributed by atoms with Gasteiger partial charge in [-0.2, -0.15) is 15.0 Å². The van der Waals surface area contributed by atoms with E-state index in [1.165, 1.54) is 12.1 Å². The number of rotatable bonds is 13. The first-order valence-corrected chi connectivity index (χ1v) is 10.5. The third kappa shape index (κ3) is 7.84. The summed E-state index contributed by atoms with van der Waals surface area (Å²) in [5.41, 5.74) is 8.34. The zero-order valence-electron chi connectivity index (χ0n) is 18.2. The molecule has 170 valence electrons. The number of halogens is 1. The molecule has 9 heteroatoms. The van der Waals surface area contributed by atoms with Crippen LogP contribution in [0.3, 0.4) is 0 Å². The van der Waals surface area contributed by atoms with Crippen molar-refractivity contribution < 1.29 is 13.9 Å². The zero-order valence-corrected chi connectivity index (χ0v) is 18.2. The van der Waals surface area contributed by atoms with E-state index in [1.54, 1.807) is 12.1 Å². The van der Waals surface area contributed by atoms with Gasteiger partial charge >= 0.3 is 0 Å². The van der Waals surface area contributed by atoms with Crippen LogP contribution in [0.15, 0.2) is 48.5 Å². The summed E-state index contributed by atoms with van der Waals surface area (Å²) in [6, 6.07) is 14.3. The molecule has 0 amide bonds. The molecule has 0 aliphatic carbocycles. The van der Waals surface area contributed by atoms with E-state index in [1.807, 2.05) is 31.2 Å². The average Bonchev–Trinajstić information content (AvgIpc) is 2.81. The fraction of sp³-hybridized carbons (Fsp3) is 0.348. The molecule has 1 aromatic heterocycles. The van der Waals surface area contributed by atoms with Gasteiger partial charge in [-0.25, -0.2) is 4.39 Å². The minimum Gasteiger partial charge on any atom is -0.378 e. The fourth-order valence-corrected chi connectivity index (χ4v) is 2.79. The molecule has 32 heavy (non-hydrogen) atoms. The summed E-state index contributed by atoms with van der Waals surface area (Å²) in [4.78, 5) is 13.5. The molecule has 8 nitrogen and oxygen atoms in total. The lowest BCUT2D eigenvalue weighted by Gasteiger charge is -2.11. The SMILES string of the molecule is Cc1ccc(-c2nc(NCCOCCOCCN)nc(NCc3ccc(F)cc3)n2)cc1. The van der Waals surface area contributed by atoms with Gasteiger partial charge in [0.2, 0.25) is 11.9 Å². The smallest absolute Gasteiger partial charge is 0.228 e. The Bertz CT molecular complexity index is 954. The molecular weight excluding hydrogens is 411 g/mol. The number of nitrogens with zero attached hydrogens (tertiary/aromatic N) is 3. The van der Waals surface area contributed by atoms with Gasteiger partial charge in [0.15, 0.2) is 5.82 Å². The number of hydrogen-bond donors (Lipinski definition) is 3. The maximum absolute atomic E-state index is 13.1. The van der Waals surface area contributed by atoms with Gasteiger partial charge in [0, 0.05) is 25.2 Å². The van der Waals surface area contributed by atoms with Gasteiger partial charge < -0.3 is 25.8 Å². The summed E-state index contributed by atoms with van der Waals surface area (Å²) in [5.74, 6) is 1.16. The maximum atomic E-state index is 13.1. The Labute approximate surface area is 187 Å². The van der Waals surface area contributed by atoms with Crippen LogP contribution in [0.25, 0.3) is 11.4 Å². The van der Waals surface area contributed by atoms with Gasteiger partial charge in [0.25, 0.3) is 0 Å². The third-order valence-corrected chi connectivity index (χ3v) is 4.47. The Hall–Kier alpha value is -3.14. The lowest BCUT2D eigenvalue weighted by molar-refractivity contribution is 0.0547. The van der Waals surface area contributed by atoms with Gasteiger partial charge in [0.1, 0.15) is 5.82 Å². The van der Waals surface area contributed by atoms with Gasteiger partial charge in [-0.3, -0.25) is 0 Å². The minimum absolute atomic E-state index is 0.268. The summed E-state index contributed by atoms with van der Waals surface area (Å²) in [5, 5.41) is 6.37. The second kappa shape index (κ2) is 12.7. The van der Waals surface area contributed by atoms with Crippen molar-refractivity contribution in [3.8, 4) is 11.4 Å². The Morgan fingerprint density at radius 3 is 2.16 bits per heavy atom. The van der Waals surface area contributed by atoms with Crippen molar-refractivity contribution in [2.75, 3.05) is 50.2 Å². The van der Waals surface area contributed by atoms with Crippen LogP contribution in [0, 0.1) is 12.7 Å². The first kappa shape index (κ1) is 23.5. The standard InChI is InChI=1S/C23H29FN6O2/c1-17-2-6-19(7-3-17)21-28-22(26-11-13-32-15-14-31-12-10-25)30-23(29-21)27-16-18-4-8-20(24)9-5-18/h2-9H,10-16,25H2,1H3,(H2,26,27,28,29,30). The molecule has 0 bridgehead atoms. The van der Waals surface area contributed by atoms with Crippen LogP contribution in [-0.4, -0.2) is 54.5 Å². The second-order valence-electron chi connectivity index (χ2n) is 7.09. The van der Waals surface area contributed by atoms with E-state index in [9.17, 15) is 4.39 Å². The number of anilines is 2. The highest BCUT2D eigenvalue weighted by molar-refractivity contribution is 5.58. The van der Waals surface area contributed by atoms with E-state index in [0.717, 1.165) is 16.7 Å². The van der Waals surface area contributed by atoms with Crippen molar-refractivity contribution in [2.24, 2.45) is 5.73 Å². The van der Waals surface area contributed by atoms with E-state index in [2.05, 4.69) is 25.6 Å². The van der Waals surface area contributed by atoms with Crippen molar-refractivity contribution >= 4 is 11.9 Å². The van der Waals surface area contributed by atoms with Crippen LogP contribution in [0.4, 0.5) is 16.3 Å². The molecule has 0 saturated carbocycles. The zero-order chi connectivity index (χ0) is 22.6. The van der Waals surface area contributed by atoms with Crippen LogP contribution < -0.4 is 16.4 Å². The Balaban J connectivity index is 1.63. The van der Waals surface area contributed by atoms with Gasteiger partial charge in [-0.1, -0.05) is 42.0 Å². The predicted molar refractivity (Wildman–Crippen MR) is 123 cm³/mol. The Kier molecular flexibility index (Phi) is 9.30. The number of aromatic nitrogens is 3. The normalized spacial score (nSPS) is 10.8. The molecule has 0 atom stereocenters. The van der Waals surface area contributed by atoms with Crippen molar-refractivity contribution in [3.05, 3.63) is 65.5 Å². The molecule has 3 rings (SSSR count). The number of ether oxygens (including phenoxy) is 2. The highest BCUT2D eigenvalue weighted by Gasteiger charge is 2.09. The molecule has 0 spiro atoms. The molecule has 0 fully saturated rings. The second-order valence-corrected chi connectivity index (χ2v) is 7.09. The van der Waals surface area contributed by atoms with Crippen LogP contribution >= 0.6 is 0 Å². The van der Waals surface area contributed by atoms with Crippen LogP contribution in [-0.2, 0) is 16.0 Å². The van der Waals surface area contributed by atoms with Crippen molar-refractivity contribution in [1.29, 1.82) is 0 Å². The summed E-state index contributed by atoms with van der Waals surface area (Å²) in [6.07, 6.45) is 0. The highest BCUT2D eigenvalue weighted by Crippen LogP contribution is 2.19. The summed E-state index contributed by atoms with van der Waals surface area (Å²) in [7, 11) is 0. The largest absolute Gasteiger partial charge is 0.378 e. The van der Waals surface area contributed by atoms with Gasteiger partial charge in [0.05, 0.1) is 26.4 Å². The topological polar surface area (TPSA) is 107 Å². The summed E-state index contributed by atoms with van der Waals surface area (Å²) < 4.78 is 23.9. The maximum Gasteiger partial charge on any atom is 0.228 e. The quantitative estimate of drug-likeness (QED) is 0.348. The molecular formula is C23H29FN6O2. The number of aryl methyl sites for hydroxylation is 1. The minimum atomic E-state index is -0.268. The van der Waals surface area contributed by atoms with E-state index < -0.39 is 0 Å². The van der Waals surface area contributed by atoms with E-state index in [-0.39, 0.29) is 5.82 Å². The first-order chi connectivity index (χ1) is 15.6. The number of nitrogens with one attached hydrogen (secondary N) is 2. The molecule has 0 aliphatic rings. The third-order valence-electron chi connectivity index (χ3n) is 4.47. The van der Waals surface area contributed by atoms with Crippen molar-refractivity contribution in [3.63, 3.8) is 0 Å². The lowest BCUT2D eigenvalue weighted by atomic mass is 10.1. The molecule has 0 aliphatic heterocycles. The summed E-state index contributed by atoms with van der Waals surface area (Å²) in [6.45, 7) is 5.55. The highest BCUT2D eigenvalue weighted by atomic mass is 19.1. The number of hydrogen-bond acceptors (Lipinski definition) is 8. The molecule has 3 aromatic rings. The molecule has 0 saturated heterocycles. The van der Waals surface area contributed by atoms with E-state index in [4.69, 9.17) is 15.2 Å². The molecule has 2 aromatic carbocycles. The average molecular weight is 441 g/mol. The Morgan fingerprint density at radius 1 is 0.812 bits per heavy atom. The van der Waals surface area contributed by atoms with Crippen LogP contribution in [0.1, 0.15) is 11.1 Å². The van der Waals surface area contributed by atoms with Crippen LogP contribution in [0.2, 0.25) is 0 Å².